The lowest BCUT2D eigenvalue weighted by molar-refractivity contribution is 0.269. The molecule has 0 saturated carbocycles. The molecule has 0 saturated heterocycles. The summed E-state index contributed by atoms with van der Waals surface area (Å²) in [4.78, 5) is 0. The fraction of sp³-hybridized carbons (Fsp3) is 0.222. The first-order valence-electron chi connectivity index (χ1n) is 8.35. The van der Waals surface area contributed by atoms with Gasteiger partial charge in [0.2, 0.25) is 4.77 Å². The Hall–Kier alpha value is -1.74. The van der Waals surface area contributed by atoms with E-state index < -0.39 is 0 Å². The molecule has 3 aromatic rings. The topological polar surface area (TPSA) is 64.1 Å². The second kappa shape index (κ2) is 9.65. The van der Waals surface area contributed by atoms with Crippen molar-refractivity contribution in [1.82, 2.24) is 14.9 Å². The fourth-order valence-corrected chi connectivity index (χ4v) is 3.36. The summed E-state index contributed by atoms with van der Waals surface area (Å²) in [5.74, 6) is 1.28. The van der Waals surface area contributed by atoms with Crippen LogP contribution in [0.3, 0.4) is 0 Å². The summed E-state index contributed by atoms with van der Waals surface area (Å²) >= 11 is 20.7. The number of ether oxygens (including phenoxy) is 2. The lowest BCUT2D eigenvalue weighted by Crippen LogP contribution is -2.14. The maximum absolute atomic E-state index is 6.07. The van der Waals surface area contributed by atoms with E-state index in [1.54, 1.807) is 23.1 Å². The maximum atomic E-state index is 6.07. The number of benzene rings is 2. The van der Waals surface area contributed by atoms with Crippen LogP contribution in [0.1, 0.15) is 18.1 Å². The van der Waals surface area contributed by atoms with Crippen molar-refractivity contribution in [2.24, 2.45) is 0 Å². The molecular formula is C18H17BrCl2N4O2S. The van der Waals surface area contributed by atoms with Crippen LogP contribution in [0.15, 0.2) is 41.1 Å². The quantitative estimate of drug-likeness (QED) is 0.384. The molecule has 0 unspecified atom stereocenters. The SMILES string of the molecule is CCOc1cc(CNn2cn[nH]c2=S)c(Br)cc1OCc1ccc(Cl)c(Cl)c1. The largest absolute Gasteiger partial charge is 0.490 e. The average Bonchev–Trinajstić information content (AvgIpc) is 3.08. The smallest absolute Gasteiger partial charge is 0.214 e. The molecular weight excluding hydrogens is 487 g/mol. The third-order valence-electron chi connectivity index (χ3n) is 3.78. The van der Waals surface area contributed by atoms with Crippen molar-refractivity contribution in [1.29, 1.82) is 0 Å². The van der Waals surface area contributed by atoms with Gasteiger partial charge in [0.1, 0.15) is 12.9 Å². The Morgan fingerprint density at radius 1 is 1.18 bits per heavy atom. The van der Waals surface area contributed by atoms with Gasteiger partial charge in [-0.3, -0.25) is 5.10 Å². The van der Waals surface area contributed by atoms with Crippen LogP contribution in [0.25, 0.3) is 0 Å². The monoisotopic (exact) mass is 502 g/mol. The van der Waals surface area contributed by atoms with E-state index >= 15 is 0 Å². The van der Waals surface area contributed by atoms with Crippen LogP contribution in [-0.2, 0) is 13.2 Å². The Balaban J connectivity index is 1.76. The van der Waals surface area contributed by atoms with Crippen molar-refractivity contribution in [3.63, 3.8) is 0 Å². The van der Waals surface area contributed by atoms with Gasteiger partial charge in [-0.05, 0) is 54.5 Å². The lowest BCUT2D eigenvalue weighted by atomic mass is 10.2. The Morgan fingerprint density at radius 3 is 2.64 bits per heavy atom. The highest BCUT2D eigenvalue weighted by Gasteiger charge is 2.12. The zero-order valence-corrected chi connectivity index (χ0v) is 18.8. The van der Waals surface area contributed by atoms with Crippen molar-refractivity contribution in [3.8, 4) is 11.5 Å². The van der Waals surface area contributed by atoms with E-state index in [1.807, 2.05) is 25.1 Å². The lowest BCUT2D eigenvalue weighted by Gasteiger charge is -2.16. The van der Waals surface area contributed by atoms with Gasteiger partial charge in [-0.2, -0.15) is 5.10 Å². The van der Waals surface area contributed by atoms with Gasteiger partial charge >= 0.3 is 0 Å². The molecule has 0 fully saturated rings. The van der Waals surface area contributed by atoms with Crippen molar-refractivity contribution >= 4 is 51.3 Å². The summed E-state index contributed by atoms with van der Waals surface area (Å²) in [6, 6.07) is 9.21. The number of aromatic nitrogens is 3. The van der Waals surface area contributed by atoms with Gasteiger partial charge in [0.25, 0.3) is 0 Å². The van der Waals surface area contributed by atoms with Crippen LogP contribution in [0.4, 0.5) is 0 Å². The van der Waals surface area contributed by atoms with Gasteiger partial charge in [-0.15, -0.1) is 0 Å². The van der Waals surface area contributed by atoms with E-state index in [9.17, 15) is 0 Å². The van der Waals surface area contributed by atoms with Gasteiger partial charge in [0.15, 0.2) is 11.5 Å². The highest BCUT2D eigenvalue weighted by atomic mass is 79.9. The minimum atomic E-state index is 0.338. The minimum Gasteiger partial charge on any atom is -0.490 e. The second-order valence-electron chi connectivity index (χ2n) is 5.73. The number of halogens is 3. The first-order valence-corrected chi connectivity index (χ1v) is 10.3. The molecule has 0 aliphatic carbocycles. The van der Waals surface area contributed by atoms with Crippen LogP contribution < -0.4 is 14.9 Å². The van der Waals surface area contributed by atoms with Gasteiger partial charge in [0, 0.05) is 4.47 Å². The Labute approximate surface area is 185 Å². The predicted molar refractivity (Wildman–Crippen MR) is 117 cm³/mol. The number of nitrogens with zero attached hydrogens (tertiary/aromatic N) is 2. The molecule has 0 bridgehead atoms. The Morgan fingerprint density at radius 2 is 1.96 bits per heavy atom. The van der Waals surface area contributed by atoms with E-state index in [0.717, 1.165) is 15.6 Å². The van der Waals surface area contributed by atoms with Crippen molar-refractivity contribution in [2.75, 3.05) is 12.0 Å². The van der Waals surface area contributed by atoms with Crippen LogP contribution >= 0.6 is 51.3 Å². The molecule has 148 valence electrons. The molecule has 0 aliphatic rings. The molecule has 0 atom stereocenters. The van der Waals surface area contributed by atoms with Crippen molar-refractivity contribution in [2.45, 2.75) is 20.1 Å². The number of aromatic amines is 1. The summed E-state index contributed by atoms with van der Waals surface area (Å²) in [5.41, 5.74) is 5.06. The third kappa shape index (κ3) is 5.20. The predicted octanol–water partition coefficient (Wildman–Crippen LogP) is 5.73. The molecule has 2 N–H and O–H groups in total. The molecule has 0 aliphatic heterocycles. The number of nitrogens with one attached hydrogen (secondary N) is 2. The number of rotatable bonds is 8. The van der Waals surface area contributed by atoms with Crippen LogP contribution in [0.5, 0.6) is 11.5 Å². The van der Waals surface area contributed by atoms with Crippen molar-refractivity contribution < 1.29 is 9.47 Å². The highest BCUT2D eigenvalue weighted by molar-refractivity contribution is 9.10. The van der Waals surface area contributed by atoms with Gasteiger partial charge in [-0.1, -0.05) is 45.2 Å². The number of hydrogen-bond acceptors (Lipinski definition) is 5. The molecule has 3 rings (SSSR count). The standard InChI is InChI=1S/C18H17BrCl2N4O2S/c1-2-26-16-6-12(8-23-25-10-22-24-18(25)28)13(19)7-17(16)27-9-11-3-4-14(20)15(21)5-11/h3-7,10,23H,2,8-9H2,1H3,(H,24,28). The summed E-state index contributed by atoms with van der Waals surface area (Å²) < 4.78 is 14.7. The van der Waals surface area contributed by atoms with E-state index in [1.165, 1.54) is 0 Å². The molecule has 0 amide bonds. The average molecular weight is 504 g/mol. The van der Waals surface area contributed by atoms with Gasteiger partial charge in [-0.25, -0.2) is 4.68 Å². The Bertz CT molecular complexity index is 1030. The summed E-state index contributed by atoms with van der Waals surface area (Å²) in [6.45, 7) is 3.30. The van der Waals surface area contributed by atoms with E-state index in [-0.39, 0.29) is 0 Å². The van der Waals surface area contributed by atoms with Gasteiger partial charge < -0.3 is 14.9 Å². The first-order chi connectivity index (χ1) is 13.5. The molecule has 10 heteroatoms. The molecule has 6 nitrogen and oxygen atoms in total. The normalized spacial score (nSPS) is 10.7. The summed E-state index contributed by atoms with van der Waals surface area (Å²) in [5, 5.41) is 7.58. The van der Waals surface area contributed by atoms with E-state index in [4.69, 9.17) is 44.9 Å². The first kappa shape index (κ1) is 21.0. The van der Waals surface area contributed by atoms with Crippen LogP contribution in [0.2, 0.25) is 10.0 Å². The number of H-pyrrole nitrogens is 1. The van der Waals surface area contributed by atoms with Crippen LogP contribution in [-0.4, -0.2) is 21.5 Å². The van der Waals surface area contributed by atoms with E-state index in [0.29, 0.717) is 46.1 Å². The molecule has 1 aromatic heterocycles. The zero-order chi connectivity index (χ0) is 20.1. The molecule has 28 heavy (non-hydrogen) atoms. The molecule has 0 radical (unpaired) electrons. The second-order valence-corrected chi connectivity index (χ2v) is 7.78. The summed E-state index contributed by atoms with van der Waals surface area (Å²) in [6.07, 6.45) is 1.58. The molecule has 0 spiro atoms. The molecule has 2 aromatic carbocycles. The fourth-order valence-electron chi connectivity index (χ4n) is 2.42. The maximum Gasteiger partial charge on any atom is 0.214 e. The summed E-state index contributed by atoms with van der Waals surface area (Å²) in [7, 11) is 0. The third-order valence-corrected chi connectivity index (χ3v) is 5.55. The zero-order valence-electron chi connectivity index (χ0n) is 14.8. The number of hydrogen-bond donors (Lipinski definition) is 2. The Kier molecular flexibility index (Phi) is 7.23. The molecule has 1 heterocycles. The highest BCUT2D eigenvalue weighted by Crippen LogP contribution is 2.35. The van der Waals surface area contributed by atoms with Crippen molar-refractivity contribution in [3.05, 3.63) is 67.1 Å². The van der Waals surface area contributed by atoms with Crippen LogP contribution in [0, 0.1) is 4.77 Å². The van der Waals surface area contributed by atoms with Gasteiger partial charge in [0.05, 0.1) is 23.2 Å². The van der Waals surface area contributed by atoms with E-state index in [2.05, 4.69) is 31.6 Å². The minimum absolute atomic E-state index is 0.338.